The van der Waals surface area contributed by atoms with Crippen molar-refractivity contribution in [3.8, 4) is 0 Å². The first-order valence-corrected chi connectivity index (χ1v) is 6.32. The average molecular weight is 244 g/mol. The molecule has 17 heavy (non-hydrogen) atoms. The number of carbonyl (C=O) groups is 1. The maximum atomic E-state index is 11.6. The molecule has 0 aromatic carbocycles. The zero-order valence-corrected chi connectivity index (χ0v) is 10.8. The summed E-state index contributed by atoms with van der Waals surface area (Å²) in [6, 6.07) is -0.0687. The Balaban J connectivity index is 2.16. The van der Waals surface area contributed by atoms with Gasteiger partial charge in [-0.25, -0.2) is 4.79 Å². The molecule has 0 radical (unpaired) electrons. The van der Waals surface area contributed by atoms with Gasteiger partial charge in [0, 0.05) is 26.3 Å². The SMILES string of the molecule is COC1(CNC(=O)NC(C)CCCO)CCC1. The second kappa shape index (κ2) is 6.81. The van der Waals surface area contributed by atoms with Crippen molar-refractivity contribution in [3.05, 3.63) is 0 Å². The van der Waals surface area contributed by atoms with E-state index in [0.29, 0.717) is 13.0 Å². The summed E-state index contributed by atoms with van der Waals surface area (Å²) in [5.41, 5.74) is -0.133. The first-order valence-electron chi connectivity index (χ1n) is 6.32. The summed E-state index contributed by atoms with van der Waals surface area (Å²) < 4.78 is 5.42. The van der Waals surface area contributed by atoms with Gasteiger partial charge in [0.25, 0.3) is 0 Å². The highest BCUT2D eigenvalue weighted by molar-refractivity contribution is 5.74. The Morgan fingerprint density at radius 3 is 2.71 bits per heavy atom. The number of urea groups is 1. The minimum atomic E-state index is -0.154. The number of rotatable bonds is 7. The van der Waals surface area contributed by atoms with E-state index in [0.717, 1.165) is 19.3 Å². The van der Waals surface area contributed by atoms with Gasteiger partial charge in [0.1, 0.15) is 0 Å². The Morgan fingerprint density at radius 1 is 1.53 bits per heavy atom. The van der Waals surface area contributed by atoms with Crippen LogP contribution in [0.5, 0.6) is 0 Å². The highest BCUT2D eigenvalue weighted by Crippen LogP contribution is 2.34. The van der Waals surface area contributed by atoms with E-state index in [2.05, 4.69) is 10.6 Å². The molecule has 3 N–H and O–H groups in total. The second-order valence-electron chi connectivity index (χ2n) is 4.83. The molecule has 1 fully saturated rings. The number of methoxy groups -OCH3 is 1. The number of nitrogens with one attached hydrogen (secondary N) is 2. The number of ether oxygens (including phenoxy) is 1. The molecular weight excluding hydrogens is 220 g/mol. The Hall–Kier alpha value is -0.810. The summed E-state index contributed by atoms with van der Waals surface area (Å²) in [7, 11) is 1.70. The van der Waals surface area contributed by atoms with Gasteiger partial charge < -0.3 is 20.5 Å². The average Bonchev–Trinajstić information content (AvgIpc) is 2.25. The Labute approximate surface area is 103 Å². The van der Waals surface area contributed by atoms with E-state index < -0.39 is 0 Å². The number of aliphatic hydroxyl groups excluding tert-OH is 1. The van der Waals surface area contributed by atoms with Crippen LogP contribution in [0.4, 0.5) is 4.79 Å². The zero-order chi connectivity index (χ0) is 12.7. The van der Waals surface area contributed by atoms with Gasteiger partial charge in [-0.3, -0.25) is 0 Å². The van der Waals surface area contributed by atoms with Gasteiger partial charge in [0.15, 0.2) is 0 Å². The first-order chi connectivity index (χ1) is 8.12. The van der Waals surface area contributed by atoms with E-state index in [9.17, 15) is 4.79 Å². The van der Waals surface area contributed by atoms with Crippen LogP contribution >= 0.6 is 0 Å². The molecule has 1 aliphatic carbocycles. The minimum Gasteiger partial charge on any atom is -0.396 e. The van der Waals surface area contributed by atoms with Crippen LogP contribution < -0.4 is 10.6 Å². The highest BCUT2D eigenvalue weighted by Gasteiger charge is 2.37. The molecule has 0 spiro atoms. The van der Waals surface area contributed by atoms with Crippen molar-refractivity contribution in [3.63, 3.8) is 0 Å². The number of hydrogen-bond donors (Lipinski definition) is 3. The van der Waals surface area contributed by atoms with Crippen LogP contribution in [0.2, 0.25) is 0 Å². The van der Waals surface area contributed by atoms with Crippen LogP contribution in [0.1, 0.15) is 39.0 Å². The third kappa shape index (κ3) is 4.52. The summed E-state index contributed by atoms with van der Waals surface area (Å²) in [5.74, 6) is 0. The predicted octanol–water partition coefficient (Wildman–Crippen LogP) is 1.02. The third-order valence-electron chi connectivity index (χ3n) is 3.44. The number of aliphatic hydroxyl groups is 1. The van der Waals surface area contributed by atoms with Crippen LogP contribution in [0.25, 0.3) is 0 Å². The number of amides is 2. The summed E-state index contributed by atoms with van der Waals surface area (Å²) in [6.45, 7) is 2.67. The summed E-state index contributed by atoms with van der Waals surface area (Å²) in [5, 5.41) is 14.4. The normalized spacial score (nSPS) is 19.2. The second-order valence-corrected chi connectivity index (χ2v) is 4.83. The lowest BCUT2D eigenvalue weighted by atomic mass is 9.80. The lowest BCUT2D eigenvalue weighted by molar-refractivity contribution is -0.0674. The standard InChI is InChI=1S/C12H24N2O3/c1-10(5-3-8-15)14-11(16)13-9-12(17-2)6-4-7-12/h10,15H,3-9H2,1-2H3,(H2,13,14,16). The molecule has 1 atom stereocenters. The molecule has 100 valence electrons. The van der Waals surface area contributed by atoms with Crippen molar-refractivity contribution in [2.24, 2.45) is 0 Å². The van der Waals surface area contributed by atoms with Crippen molar-refractivity contribution in [1.29, 1.82) is 0 Å². The van der Waals surface area contributed by atoms with Crippen LogP contribution in [0.15, 0.2) is 0 Å². The largest absolute Gasteiger partial charge is 0.396 e. The summed E-state index contributed by atoms with van der Waals surface area (Å²) in [6.07, 6.45) is 4.71. The van der Waals surface area contributed by atoms with Gasteiger partial charge in [-0.1, -0.05) is 0 Å². The monoisotopic (exact) mass is 244 g/mol. The molecule has 5 nitrogen and oxygen atoms in total. The van der Waals surface area contributed by atoms with Crippen LogP contribution in [0, 0.1) is 0 Å². The van der Waals surface area contributed by atoms with Gasteiger partial charge >= 0.3 is 6.03 Å². The predicted molar refractivity (Wildman–Crippen MR) is 65.9 cm³/mol. The van der Waals surface area contributed by atoms with Gasteiger partial charge in [0.2, 0.25) is 0 Å². The van der Waals surface area contributed by atoms with E-state index in [1.807, 2.05) is 6.92 Å². The zero-order valence-electron chi connectivity index (χ0n) is 10.8. The molecule has 0 aromatic rings. The maximum Gasteiger partial charge on any atom is 0.315 e. The van der Waals surface area contributed by atoms with E-state index in [1.54, 1.807) is 7.11 Å². The topological polar surface area (TPSA) is 70.6 Å². The number of carbonyl (C=O) groups excluding carboxylic acids is 1. The molecule has 1 unspecified atom stereocenters. The van der Waals surface area contributed by atoms with Crippen molar-refractivity contribution < 1.29 is 14.6 Å². The van der Waals surface area contributed by atoms with E-state index >= 15 is 0 Å². The fraction of sp³-hybridized carbons (Fsp3) is 0.917. The van der Waals surface area contributed by atoms with Crippen molar-refractivity contribution in [1.82, 2.24) is 10.6 Å². The fourth-order valence-corrected chi connectivity index (χ4v) is 2.01. The smallest absolute Gasteiger partial charge is 0.315 e. The molecule has 0 bridgehead atoms. The molecule has 1 rings (SSSR count). The van der Waals surface area contributed by atoms with Gasteiger partial charge in [-0.2, -0.15) is 0 Å². The number of hydrogen-bond acceptors (Lipinski definition) is 3. The highest BCUT2D eigenvalue weighted by atomic mass is 16.5. The fourth-order valence-electron chi connectivity index (χ4n) is 2.01. The van der Waals surface area contributed by atoms with Gasteiger partial charge in [-0.15, -0.1) is 0 Å². The quantitative estimate of drug-likeness (QED) is 0.626. The van der Waals surface area contributed by atoms with Crippen molar-refractivity contribution in [2.75, 3.05) is 20.3 Å². The van der Waals surface area contributed by atoms with Gasteiger partial charge in [-0.05, 0) is 39.0 Å². The molecule has 2 amide bonds. The van der Waals surface area contributed by atoms with Crippen molar-refractivity contribution in [2.45, 2.75) is 50.7 Å². The lowest BCUT2D eigenvalue weighted by Gasteiger charge is -2.40. The van der Waals surface area contributed by atoms with Crippen LogP contribution in [0.3, 0.4) is 0 Å². The van der Waals surface area contributed by atoms with E-state index in [1.165, 1.54) is 6.42 Å². The first kappa shape index (κ1) is 14.3. The molecule has 0 aliphatic heterocycles. The Bertz CT molecular complexity index is 236. The molecule has 0 aromatic heterocycles. The Morgan fingerprint density at radius 2 is 2.24 bits per heavy atom. The lowest BCUT2D eigenvalue weighted by Crippen LogP contribution is -2.52. The molecule has 1 saturated carbocycles. The third-order valence-corrected chi connectivity index (χ3v) is 3.44. The molecule has 5 heteroatoms. The minimum absolute atomic E-state index is 0.0852. The van der Waals surface area contributed by atoms with Gasteiger partial charge in [0.05, 0.1) is 5.60 Å². The van der Waals surface area contributed by atoms with E-state index in [-0.39, 0.29) is 24.3 Å². The molecule has 0 saturated heterocycles. The van der Waals surface area contributed by atoms with E-state index in [4.69, 9.17) is 9.84 Å². The molecular formula is C12H24N2O3. The maximum absolute atomic E-state index is 11.6. The summed E-state index contributed by atoms with van der Waals surface area (Å²) >= 11 is 0. The molecule has 1 aliphatic rings. The Kier molecular flexibility index (Phi) is 5.71. The van der Waals surface area contributed by atoms with Crippen LogP contribution in [-0.2, 0) is 4.74 Å². The summed E-state index contributed by atoms with van der Waals surface area (Å²) in [4.78, 5) is 11.6. The van der Waals surface area contributed by atoms with Crippen LogP contribution in [-0.4, -0.2) is 43.0 Å². The molecule has 0 heterocycles. The van der Waals surface area contributed by atoms with Crippen molar-refractivity contribution >= 4 is 6.03 Å².